The predicted octanol–water partition coefficient (Wildman–Crippen LogP) is 4.35. The topological polar surface area (TPSA) is 27.7 Å². The molecule has 2 aliphatic rings. The minimum Gasteiger partial charge on any atom is -0.374 e. The molecule has 2 bridgehead atoms. The summed E-state index contributed by atoms with van der Waals surface area (Å²) in [7, 11) is -2.43. The Morgan fingerprint density at radius 1 is 0.857 bits per heavy atom. The molecule has 2 rings (SSSR count). The quantitative estimate of drug-likeness (QED) is 0.592. The van der Waals surface area contributed by atoms with Crippen molar-refractivity contribution in [3.05, 3.63) is 0 Å². The minimum absolute atomic E-state index is 0.691. The Bertz CT molecular complexity index is 304. The lowest BCUT2D eigenvalue weighted by Gasteiger charge is -2.34. The molecule has 2 fully saturated rings. The van der Waals surface area contributed by atoms with Crippen molar-refractivity contribution in [2.45, 2.75) is 59.9 Å². The third kappa shape index (κ3) is 3.71. The van der Waals surface area contributed by atoms with Crippen LogP contribution in [0.4, 0.5) is 0 Å². The lowest BCUT2D eigenvalue weighted by Crippen LogP contribution is -2.46. The number of fused-ring (bicyclic) bond motifs is 2. The summed E-state index contributed by atoms with van der Waals surface area (Å²) in [5.74, 6) is 4.60. The van der Waals surface area contributed by atoms with Gasteiger partial charge in [-0.15, -0.1) is 0 Å². The molecule has 0 aromatic heterocycles. The summed E-state index contributed by atoms with van der Waals surface area (Å²) in [6.45, 7) is 13.1. The van der Waals surface area contributed by atoms with Gasteiger partial charge in [0.15, 0.2) is 0 Å². The Kier molecular flexibility index (Phi) is 6.30. The van der Waals surface area contributed by atoms with Crippen LogP contribution in [0.5, 0.6) is 0 Å². The van der Waals surface area contributed by atoms with Crippen molar-refractivity contribution in [3.63, 3.8) is 0 Å². The molecule has 2 saturated carbocycles. The largest absolute Gasteiger partial charge is 0.500 e. The molecule has 0 N–H and O–H groups in total. The van der Waals surface area contributed by atoms with Crippen LogP contribution >= 0.6 is 0 Å². The van der Waals surface area contributed by atoms with Crippen LogP contribution in [-0.2, 0) is 13.3 Å². The van der Waals surface area contributed by atoms with Crippen molar-refractivity contribution in [2.24, 2.45) is 29.6 Å². The van der Waals surface area contributed by atoms with Crippen molar-refractivity contribution in [2.75, 3.05) is 19.8 Å². The number of hydrogen-bond acceptors (Lipinski definition) is 3. The summed E-state index contributed by atoms with van der Waals surface area (Å²) >= 11 is 0. The van der Waals surface area contributed by atoms with Crippen molar-refractivity contribution in [1.82, 2.24) is 0 Å². The highest BCUT2D eigenvalue weighted by Gasteiger charge is 2.50. The minimum atomic E-state index is -2.43. The van der Waals surface area contributed by atoms with E-state index in [1.54, 1.807) is 0 Å². The Balaban J connectivity index is 1.92. The van der Waals surface area contributed by atoms with Crippen LogP contribution in [0.25, 0.3) is 0 Å². The summed E-state index contributed by atoms with van der Waals surface area (Å²) in [5.41, 5.74) is 0. The molecule has 0 heterocycles. The van der Waals surface area contributed by atoms with E-state index in [1.807, 2.05) is 20.8 Å². The van der Waals surface area contributed by atoms with E-state index in [1.165, 1.54) is 19.3 Å². The molecule has 3 nitrogen and oxygen atoms in total. The molecule has 0 aliphatic heterocycles. The SMILES string of the molecule is CCO[Si](CCC1CC2CC1C(C)C2C)(OCC)OCC. The van der Waals surface area contributed by atoms with Gasteiger partial charge in [-0.2, -0.15) is 0 Å². The first kappa shape index (κ1) is 17.5. The Morgan fingerprint density at radius 2 is 1.43 bits per heavy atom. The molecule has 21 heavy (non-hydrogen) atoms. The fraction of sp³-hybridized carbons (Fsp3) is 1.00. The number of rotatable bonds is 9. The highest BCUT2D eigenvalue weighted by molar-refractivity contribution is 6.60. The van der Waals surface area contributed by atoms with Gasteiger partial charge < -0.3 is 13.3 Å². The van der Waals surface area contributed by atoms with Crippen LogP contribution in [0.1, 0.15) is 53.9 Å². The van der Waals surface area contributed by atoms with E-state index >= 15 is 0 Å². The molecular formula is C17H34O3Si. The fourth-order valence-electron chi connectivity index (χ4n) is 4.79. The molecule has 0 saturated heterocycles. The van der Waals surface area contributed by atoms with Gasteiger partial charge in [-0.3, -0.25) is 0 Å². The first-order chi connectivity index (χ1) is 10.1. The standard InChI is InChI=1S/C17H34O3Si/c1-6-18-21(19-7-2,20-8-3)10-9-15-11-16-12-17(15)14(5)13(16)4/h13-17H,6-12H2,1-5H3. The van der Waals surface area contributed by atoms with E-state index in [0.29, 0.717) is 19.8 Å². The maximum atomic E-state index is 5.99. The second kappa shape index (κ2) is 7.58. The molecule has 5 atom stereocenters. The van der Waals surface area contributed by atoms with Crippen molar-refractivity contribution >= 4 is 8.80 Å². The van der Waals surface area contributed by atoms with Gasteiger partial charge in [0.25, 0.3) is 0 Å². The first-order valence-electron chi connectivity index (χ1n) is 8.98. The molecule has 2 aliphatic carbocycles. The second-order valence-corrected chi connectivity index (χ2v) is 9.63. The second-order valence-electron chi connectivity index (χ2n) is 6.89. The van der Waals surface area contributed by atoms with Crippen LogP contribution < -0.4 is 0 Å². The van der Waals surface area contributed by atoms with Gasteiger partial charge in [-0.25, -0.2) is 0 Å². The van der Waals surface area contributed by atoms with Crippen LogP contribution in [0.3, 0.4) is 0 Å². The average molecular weight is 315 g/mol. The van der Waals surface area contributed by atoms with Crippen molar-refractivity contribution < 1.29 is 13.3 Å². The Labute approximate surface area is 132 Å². The molecule has 0 spiro atoms. The summed E-state index contributed by atoms with van der Waals surface area (Å²) in [6.07, 6.45) is 4.11. The summed E-state index contributed by atoms with van der Waals surface area (Å²) in [6, 6.07) is 0.998. The van der Waals surface area contributed by atoms with Crippen LogP contribution in [0, 0.1) is 29.6 Å². The highest BCUT2D eigenvalue weighted by atomic mass is 28.4. The summed E-state index contributed by atoms with van der Waals surface area (Å²) in [5, 5.41) is 0. The van der Waals surface area contributed by atoms with Gasteiger partial charge in [-0.1, -0.05) is 13.8 Å². The van der Waals surface area contributed by atoms with E-state index in [9.17, 15) is 0 Å². The normalized spacial score (nSPS) is 35.6. The van der Waals surface area contributed by atoms with Gasteiger partial charge in [0.05, 0.1) is 0 Å². The molecule has 0 amide bonds. The molecule has 4 heteroatoms. The zero-order valence-electron chi connectivity index (χ0n) is 14.6. The average Bonchev–Trinajstić information content (AvgIpc) is 2.98. The van der Waals surface area contributed by atoms with Gasteiger partial charge in [0, 0.05) is 25.9 Å². The molecule has 124 valence electrons. The van der Waals surface area contributed by atoms with Crippen molar-refractivity contribution in [1.29, 1.82) is 0 Å². The van der Waals surface area contributed by atoms with Gasteiger partial charge in [0.1, 0.15) is 0 Å². The van der Waals surface area contributed by atoms with Crippen LogP contribution in [-0.4, -0.2) is 28.6 Å². The third-order valence-electron chi connectivity index (χ3n) is 5.95. The maximum Gasteiger partial charge on any atom is 0.500 e. The Hall–Kier alpha value is 0.0969. The van der Waals surface area contributed by atoms with Crippen LogP contribution in [0.15, 0.2) is 0 Å². The maximum absolute atomic E-state index is 5.99. The molecular weight excluding hydrogens is 280 g/mol. The summed E-state index contributed by atoms with van der Waals surface area (Å²) in [4.78, 5) is 0. The van der Waals surface area contributed by atoms with E-state index in [-0.39, 0.29) is 0 Å². The van der Waals surface area contributed by atoms with E-state index < -0.39 is 8.80 Å². The smallest absolute Gasteiger partial charge is 0.374 e. The number of hydrogen-bond donors (Lipinski definition) is 0. The lowest BCUT2D eigenvalue weighted by atomic mass is 9.75. The van der Waals surface area contributed by atoms with Crippen LogP contribution in [0.2, 0.25) is 6.04 Å². The summed E-state index contributed by atoms with van der Waals surface area (Å²) < 4.78 is 18.0. The van der Waals surface area contributed by atoms with Crippen molar-refractivity contribution in [3.8, 4) is 0 Å². The predicted molar refractivity (Wildman–Crippen MR) is 88.1 cm³/mol. The third-order valence-corrected chi connectivity index (χ3v) is 9.03. The Morgan fingerprint density at radius 3 is 1.86 bits per heavy atom. The van der Waals surface area contributed by atoms with Gasteiger partial charge in [0.2, 0.25) is 0 Å². The molecule has 0 radical (unpaired) electrons. The monoisotopic (exact) mass is 314 g/mol. The van der Waals surface area contributed by atoms with E-state index in [4.69, 9.17) is 13.3 Å². The van der Waals surface area contributed by atoms with E-state index in [0.717, 1.165) is 35.6 Å². The molecule has 0 aromatic rings. The highest BCUT2D eigenvalue weighted by Crippen LogP contribution is 2.56. The fourth-order valence-corrected chi connectivity index (χ4v) is 7.52. The zero-order valence-corrected chi connectivity index (χ0v) is 15.6. The van der Waals surface area contributed by atoms with Gasteiger partial charge in [-0.05, 0) is 69.6 Å². The molecule has 0 aromatic carbocycles. The first-order valence-corrected chi connectivity index (χ1v) is 10.9. The van der Waals surface area contributed by atoms with E-state index in [2.05, 4.69) is 13.8 Å². The van der Waals surface area contributed by atoms with Gasteiger partial charge >= 0.3 is 8.80 Å². The zero-order chi connectivity index (χ0) is 15.5. The molecule has 5 unspecified atom stereocenters. The lowest BCUT2D eigenvalue weighted by molar-refractivity contribution is 0.0672.